The van der Waals surface area contributed by atoms with Crippen LogP contribution >= 0.6 is 11.6 Å². The highest BCUT2D eigenvalue weighted by Crippen LogP contribution is 2.22. The fourth-order valence-electron chi connectivity index (χ4n) is 1.14. The summed E-state index contributed by atoms with van der Waals surface area (Å²) in [5.41, 5.74) is 0. The molecule has 0 saturated heterocycles. The van der Waals surface area contributed by atoms with Gasteiger partial charge in [-0.15, -0.1) is 0 Å². The summed E-state index contributed by atoms with van der Waals surface area (Å²) < 4.78 is 10.5. The molecule has 6 heteroatoms. The maximum atomic E-state index is 5.92. The van der Waals surface area contributed by atoms with E-state index in [1.165, 1.54) is 6.20 Å². The number of methoxy groups -OCH3 is 1. The Kier molecular flexibility index (Phi) is 5.28. The number of hydrogen-bond acceptors (Lipinski definition) is 5. The Labute approximate surface area is 100 Å². The molecule has 0 aromatic carbocycles. The molecule has 0 radical (unpaired) electrons. The molecule has 1 N–H and O–H groups in total. The summed E-state index contributed by atoms with van der Waals surface area (Å²) in [5.74, 6) is 0.878. The first-order valence-corrected chi connectivity index (χ1v) is 5.47. The van der Waals surface area contributed by atoms with Gasteiger partial charge in [-0.2, -0.15) is 4.98 Å². The quantitative estimate of drug-likeness (QED) is 0.831. The highest BCUT2D eigenvalue weighted by molar-refractivity contribution is 6.31. The van der Waals surface area contributed by atoms with E-state index < -0.39 is 0 Å². The van der Waals surface area contributed by atoms with E-state index in [0.29, 0.717) is 23.5 Å². The fourth-order valence-corrected chi connectivity index (χ4v) is 1.27. The third kappa shape index (κ3) is 3.83. The van der Waals surface area contributed by atoms with E-state index in [1.807, 2.05) is 13.8 Å². The zero-order valence-corrected chi connectivity index (χ0v) is 10.4. The van der Waals surface area contributed by atoms with Crippen LogP contribution in [0.4, 0.5) is 5.95 Å². The highest BCUT2D eigenvalue weighted by atomic mass is 35.5. The second-order valence-corrected chi connectivity index (χ2v) is 3.67. The number of nitrogens with one attached hydrogen (secondary N) is 1. The van der Waals surface area contributed by atoms with E-state index in [2.05, 4.69) is 15.3 Å². The Morgan fingerprint density at radius 3 is 2.94 bits per heavy atom. The van der Waals surface area contributed by atoms with Crippen LogP contribution in [-0.4, -0.2) is 36.3 Å². The maximum Gasteiger partial charge on any atom is 0.237 e. The van der Waals surface area contributed by atoms with Crippen LogP contribution in [0.15, 0.2) is 6.20 Å². The summed E-state index contributed by atoms with van der Waals surface area (Å²) >= 11 is 5.92. The van der Waals surface area contributed by atoms with E-state index in [0.717, 1.165) is 6.54 Å². The SMILES string of the molecule is CCNc1ncc(Cl)c(OC(C)COC)n1. The second kappa shape index (κ2) is 6.50. The van der Waals surface area contributed by atoms with Crippen molar-refractivity contribution < 1.29 is 9.47 Å². The number of halogens is 1. The molecule has 1 rings (SSSR count). The average molecular weight is 246 g/mol. The monoisotopic (exact) mass is 245 g/mol. The first-order valence-electron chi connectivity index (χ1n) is 5.09. The lowest BCUT2D eigenvalue weighted by Gasteiger charge is -2.14. The van der Waals surface area contributed by atoms with Crippen molar-refractivity contribution in [1.29, 1.82) is 0 Å². The molecule has 90 valence electrons. The Bertz CT molecular complexity index is 336. The number of nitrogens with zero attached hydrogens (tertiary/aromatic N) is 2. The van der Waals surface area contributed by atoms with Crippen molar-refractivity contribution in [2.24, 2.45) is 0 Å². The predicted molar refractivity (Wildman–Crippen MR) is 63.2 cm³/mol. The first-order chi connectivity index (χ1) is 7.67. The number of aromatic nitrogens is 2. The van der Waals surface area contributed by atoms with Gasteiger partial charge in [-0.3, -0.25) is 0 Å². The predicted octanol–water partition coefficient (Wildman–Crippen LogP) is 1.98. The smallest absolute Gasteiger partial charge is 0.237 e. The normalized spacial score (nSPS) is 12.2. The second-order valence-electron chi connectivity index (χ2n) is 3.26. The Morgan fingerprint density at radius 2 is 2.31 bits per heavy atom. The van der Waals surface area contributed by atoms with E-state index in [1.54, 1.807) is 7.11 Å². The number of rotatable bonds is 6. The van der Waals surface area contributed by atoms with Crippen molar-refractivity contribution >= 4 is 17.5 Å². The highest BCUT2D eigenvalue weighted by Gasteiger charge is 2.10. The average Bonchev–Trinajstić information content (AvgIpc) is 2.24. The van der Waals surface area contributed by atoms with Gasteiger partial charge in [0.2, 0.25) is 11.8 Å². The molecule has 16 heavy (non-hydrogen) atoms. The standard InChI is InChI=1S/C10H16ClN3O2/c1-4-12-10-13-5-8(11)9(14-10)16-7(2)6-15-3/h5,7H,4,6H2,1-3H3,(H,12,13,14). The minimum absolute atomic E-state index is 0.105. The molecule has 5 nitrogen and oxygen atoms in total. The zero-order chi connectivity index (χ0) is 12.0. The van der Waals surface area contributed by atoms with Gasteiger partial charge in [0.05, 0.1) is 12.8 Å². The van der Waals surface area contributed by atoms with Crippen LogP contribution in [0.5, 0.6) is 5.88 Å². The molecular formula is C10H16ClN3O2. The lowest BCUT2D eigenvalue weighted by Crippen LogP contribution is -2.19. The minimum Gasteiger partial charge on any atom is -0.471 e. The summed E-state index contributed by atoms with van der Waals surface area (Å²) in [6, 6.07) is 0. The lowest BCUT2D eigenvalue weighted by atomic mass is 10.4. The number of ether oxygens (including phenoxy) is 2. The van der Waals surface area contributed by atoms with Crippen LogP contribution in [-0.2, 0) is 4.74 Å². The van der Waals surface area contributed by atoms with E-state index in [-0.39, 0.29) is 6.10 Å². The molecule has 1 atom stereocenters. The van der Waals surface area contributed by atoms with Crippen molar-refractivity contribution in [3.63, 3.8) is 0 Å². The molecule has 0 fully saturated rings. The summed E-state index contributed by atoms with van der Waals surface area (Å²) in [5, 5.41) is 3.38. The van der Waals surface area contributed by atoms with Crippen LogP contribution in [0.3, 0.4) is 0 Å². The molecule has 1 unspecified atom stereocenters. The zero-order valence-electron chi connectivity index (χ0n) is 9.66. The van der Waals surface area contributed by atoms with Gasteiger partial charge in [0.15, 0.2) is 0 Å². The molecule has 0 amide bonds. The maximum absolute atomic E-state index is 5.92. The topological polar surface area (TPSA) is 56.3 Å². The van der Waals surface area contributed by atoms with Crippen LogP contribution < -0.4 is 10.1 Å². The Morgan fingerprint density at radius 1 is 1.56 bits per heavy atom. The first kappa shape index (κ1) is 13.0. The van der Waals surface area contributed by atoms with Crippen LogP contribution in [0, 0.1) is 0 Å². The van der Waals surface area contributed by atoms with E-state index in [9.17, 15) is 0 Å². The summed E-state index contributed by atoms with van der Waals surface area (Å²) in [6.07, 6.45) is 1.41. The van der Waals surface area contributed by atoms with Crippen molar-refractivity contribution in [2.45, 2.75) is 20.0 Å². The Hall–Kier alpha value is -1.07. The van der Waals surface area contributed by atoms with Gasteiger partial charge in [-0.05, 0) is 13.8 Å². The molecule has 1 aromatic heterocycles. The van der Waals surface area contributed by atoms with Gasteiger partial charge >= 0.3 is 0 Å². The van der Waals surface area contributed by atoms with E-state index >= 15 is 0 Å². The fraction of sp³-hybridized carbons (Fsp3) is 0.600. The van der Waals surface area contributed by atoms with Gasteiger partial charge < -0.3 is 14.8 Å². The van der Waals surface area contributed by atoms with E-state index in [4.69, 9.17) is 21.1 Å². The molecule has 0 aliphatic rings. The molecule has 0 spiro atoms. The van der Waals surface area contributed by atoms with Crippen LogP contribution in [0.2, 0.25) is 5.02 Å². The third-order valence-electron chi connectivity index (χ3n) is 1.76. The number of hydrogen-bond donors (Lipinski definition) is 1. The van der Waals surface area contributed by atoms with Crippen LogP contribution in [0.25, 0.3) is 0 Å². The van der Waals surface area contributed by atoms with Gasteiger partial charge in [0.25, 0.3) is 0 Å². The largest absolute Gasteiger partial charge is 0.471 e. The molecule has 0 bridgehead atoms. The molecule has 0 saturated carbocycles. The van der Waals surface area contributed by atoms with Gasteiger partial charge in [0.1, 0.15) is 11.1 Å². The molecule has 1 heterocycles. The Balaban J connectivity index is 2.73. The third-order valence-corrected chi connectivity index (χ3v) is 2.02. The minimum atomic E-state index is -0.105. The van der Waals surface area contributed by atoms with Crippen molar-refractivity contribution in [3.8, 4) is 5.88 Å². The molecule has 0 aliphatic heterocycles. The number of anilines is 1. The molecular weight excluding hydrogens is 230 g/mol. The summed E-state index contributed by atoms with van der Waals surface area (Å²) in [7, 11) is 1.62. The van der Waals surface area contributed by atoms with Crippen LogP contribution in [0.1, 0.15) is 13.8 Å². The van der Waals surface area contributed by atoms with Crippen molar-refractivity contribution in [3.05, 3.63) is 11.2 Å². The molecule has 1 aromatic rings. The van der Waals surface area contributed by atoms with Gasteiger partial charge in [-0.25, -0.2) is 4.98 Å². The summed E-state index contributed by atoms with van der Waals surface area (Å²) in [6.45, 7) is 5.08. The lowest BCUT2D eigenvalue weighted by molar-refractivity contribution is 0.0890. The summed E-state index contributed by atoms with van der Waals surface area (Å²) in [4.78, 5) is 8.17. The van der Waals surface area contributed by atoms with Crippen molar-refractivity contribution in [2.75, 3.05) is 25.6 Å². The van der Waals surface area contributed by atoms with Gasteiger partial charge in [-0.1, -0.05) is 11.6 Å². The van der Waals surface area contributed by atoms with Gasteiger partial charge in [0, 0.05) is 13.7 Å². The van der Waals surface area contributed by atoms with Crippen molar-refractivity contribution in [1.82, 2.24) is 9.97 Å². The molecule has 0 aliphatic carbocycles.